The van der Waals surface area contributed by atoms with Crippen LogP contribution in [0.4, 0.5) is 8.78 Å². The maximum atomic E-state index is 13.3. The number of hydrogen-bond donors (Lipinski definition) is 0. The van der Waals surface area contributed by atoms with Crippen LogP contribution in [0.2, 0.25) is 0 Å². The van der Waals surface area contributed by atoms with E-state index >= 15 is 0 Å². The number of benzene rings is 1. The normalized spacial score (nSPS) is 9.69. The molecule has 0 saturated carbocycles. The van der Waals surface area contributed by atoms with Crippen molar-refractivity contribution in [3.05, 3.63) is 53.7 Å². The third-order valence-corrected chi connectivity index (χ3v) is 2.00. The van der Waals surface area contributed by atoms with E-state index in [1.807, 2.05) is 0 Å². The van der Waals surface area contributed by atoms with Gasteiger partial charge in [0.2, 0.25) is 0 Å². The fraction of sp³-hybridized carbons (Fsp3) is 0.0833. The molecular formula is C12H8F2IrN-. The van der Waals surface area contributed by atoms with Crippen LogP contribution in [0.1, 0.15) is 5.69 Å². The molecule has 1 aromatic heterocycles. The van der Waals surface area contributed by atoms with Crippen molar-refractivity contribution in [3.8, 4) is 11.3 Å². The van der Waals surface area contributed by atoms with Crippen molar-refractivity contribution in [1.82, 2.24) is 4.98 Å². The van der Waals surface area contributed by atoms with Crippen molar-refractivity contribution >= 4 is 0 Å². The smallest absolute Gasteiger partial charge is 0.0407 e. The first-order chi connectivity index (χ1) is 7.16. The zero-order chi connectivity index (χ0) is 10.8. The van der Waals surface area contributed by atoms with Gasteiger partial charge in [-0.3, -0.25) is 4.39 Å². The summed E-state index contributed by atoms with van der Waals surface area (Å²) in [5.41, 5.74) is 1.22. The maximum Gasteiger partial charge on any atom is 0.0407 e. The minimum Gasteiger partial charge on any atom is -0.302 e. The summed E-state index contributed by atoms with van der Waals surface area (Å²) in [6, 6.07) is 9.59. The van der Waals surface area contributed by atoms with Gasteiger partial charge in [0.05, 0.1) is 0 Å². The van der Waals surface area contributed by atoms with Crippen LogP contribution in [-0.4, -0.2) is 4.98 Å². The molecule has 0 aliphatic rings. The molecular weight excluding hydrogens is 388 g/mol. The number of halogens is 2. The quantitative estimate of drug-likeness (QED) is 0.675. The Labute approximate surface area is 106 Å². The molecule has 0 spiro atoms. The van der Waals surface area contributed by atoms with Gasteiger partial charge in [-0.15, -0.1) is 18.2 Å². The number of aromatic nitrogens is 1. The molecule has 85 valence electrons. The fourth-order valence-electron chi connectivity index (χ4n) is 1.32. The Morgan fingerprint density at radius 1 is 1.12 bits per heavy atom. The van der Waals surface area contributed by atoms with Crippen LogP contribution in [0.15, 0.2) is 30.3 Å². The summed E-state index contributed by atoms with van der Waals surface area (Å²) >= 11 is 0. The molecule has 2 rings (SSSR count). The summed E-state index contributed by atoms with van der Waals surface area (Å²) in [5.74, 6) is -1.11. The topological polar surface area (TPSA) is 12.9 Å². The summed E-state index contributed by atoms with van der Waals surface area (Å²) in [4.78, 5) is 4.11. The van der Waals surface area contributed by atoms with Crippen LogP contribution < -0.4 is 0 Å². The molecule has 0 saturated heterocycles. The minimum atomic E-state index is -0.588. The summed E-state index contributed by atoms with van der Waals surface area (Å²) in [6.45, 7) is 1.79. The van der Waals surface area contributed by atoms with Crippen molar-refractivity contribution in [2.45, 2.75) is 6.92 Å². The summed E-state index contributed by atoms with van der Waals surface area (Å²) in [6.07, 6.45) is 0. The fourth-order valence-corrected chi connectivity index (χ4v) is 1.32. The van der Waals surface area contributed by atoms with E-state index in [1.165, 1.54) is 0 Å². The number of nitrogens with zero attached hydrogens (tertiary/aromatic N) is 1. The number of pyridine rings is 1. The van der Waals surface area contributed by atoms with Gasteiger partial charge >= 0.3 is 0 Å². The zero-order valence-corrected chi connectivity index (χ0v) is 10.8. The van der Waals surface area contributed by atoms with Gasteiger partial charge in [0.15, 0.2) is 0 Å². The van der Waals surface area contributed by atoms with E-state index in [4.69, 9.17) is 0 Å². The van der Waals surface area contributed by atoms with Crippen LogP contribution in [0.3, 0.4) is 0 Å². The Bertz CT molecular complexity index is 500. The van der Waals surface area contributed by atoms with Crippen LogP contribution in [-0.2, 0) is 20.1 Å². The molecule has 0 aliphatic carbocycles. The summed E-state index contributed by atoms with van der Waals surface area (Å²) in [7, 11) is 0. The van der Waals surface area contributed by atoms with Crippen molar-refractivity contribution in [2.75, 3.05) is 0 Å². The van der Waals surface area contributed by atoms with E-state index in [2.05, 4.69) is 11.1 Å². The molecule has 1 heterocycles. The molecule has 0 N–H and O–H groups in total. The first-order valence-corrected chi connectivity index (χ1v) is 4.48. The molecule has 4 heteroatoms. The van der Waals surface area contributed by atoms with Gasteiger partial charge in [0, 0.05) is 37.4 Å². The Morgan fingerprint density at radius 2 is 1.88 bits per heavy atom. The zero-order valence-electron chi connectivity index (χ0n) is 8.42. The van der Waals surface area contributed by atoms with Gasteiger partial charge in [-0.1, -0.05) is 17.7 Å². The van der Waals surface area contributed by atoms with Crippen LogP contribution >= 0.6 is 0 Å². The van der Waals surface area contributed by atoms with Crippen molar-refractivity contribution in [2.24, 2.45) is 0 Å². The molecule has 0 bridgehead atoms. The van der Waals surface area contributed by atoms with Gasteiger partial charge in [0.25, 0.3) is 0 Å². The third-order valence-electron chi connectivity index (χ3n) is 2.00. The van der Waals surface area contributed by atoms with E-state index in [0.717, 1.165) is 17.8 Å². The standard InChI is InChI=1S/C12H8F2N.Ir/c1-8-3-2-4-12(15-8)10-7-9(13)5-6-11(10)14;/h2-6H,1H3;/q-1;. The Hall–Kier alpha value is -1.12. The average molecular weight is 396 g/mol. The minimum absolute atomic E-state index is 0. The van der Waals surface area contributed by atoms with E-state index in [1.54, 1.807) is 25.1 Å². The molecule has 0 aliphatic heterocycles. The number of rotatable bonds is 1. The molecule has 16 heavy (non-hydrogen) atoms. The van der Waals surface area contributed by atoms with E-state index in [0.29, 0.717) is 5.69 Å². The largest absolute Gasteiger partial charge is 0.302 e. The number of aryl methyl sites for hydroxylation is 1. The van der Waals surface area contributed by atoms with E-state index in [-0.39, 0.29) is 25.7 Å². The first kappa shape index (κ1) is 12.9. The third kappa shape index (κ3) is 2.71. The maximum absolute atomic E-state index is 13.3. The first-order valence-electron chi connectivity index (χ1n) is 4.48. The predicted molar refractivity (Wildman–Crippen MR) is 53.2 cm³/mol. The predicted octanol–water partition coefficient (Wildman–Crippen LogP) is 3.13. The molecule has 1 aromatic carbocycles. The van der Waals surface area contributed by atoms with Crippen LogP contribution in [0.5, 0.6) is 0 Å². The van der Waals surface area contributed by atoms with Crippen LogP contribution in [0, 0.1) is 24.6 Å². The van der Waals surface area contributed by atoms with Gasteiger partial charge in [-0.2, -0.15) is 0 Å². The Balaban J connectivity index is 0.00000128. The van der Waals surface area contributed by atoms with Crippen LogP contribution in [0.25, 0.3) is 11.3 Å². The summed E-state index contributed by atoms with van der Waals surface area (Å²) < 4.78 is 26.2. The second-order valence-corrected chi connectivity index (χ2v) is 3.19. The van der Waals surface area contributed by atoms with Gasteiger partial charge in [-0.25, -0.2) is 4.39 Å². The monoisotopic (exact) mass is 397 g/mol. The second kappa shape index (κ2) is 5.28. The van der Waals surface area contributed by atoms with Gasteiger partial charge in [-0.05, 0) is 18.7 Å². The van der Waals surface area contributed by atoms with Crippen molar-refractivity contribution in [3.63, 3.8) is 0 Å². The molecule has 0 fully saturated rings. The Kier molecular flexibility index (Phi) is 4.27. The van der Waals surface area contributed by atoms with Gasteiger partial charge < -0.3 is 4.98 Å². The molecule has 0 unspecified atom stereocenters. The van der Waals surface area contributed by atoms with Gasteiger partial charge in [0.1, 0.15) is 0 Å². The summed E-state index contributed by atoms with van der Waals surface area (Å²) in [5, 5.41) is 0. The second-order valence-electron chi connectivity index (χ2n) is 3.19. The molecule has 1 radical (unpaired) electrons. The van der Waals surface area contributed by atoms with Crippen molar-refractivity contribution < 1.29 is 28.9 Å². The SMILES string of the molecule is Cc1cccc(-c2[c-]c(F)ccc2F)n1.[Ir]. The number of hydrogen-bond acceptors (Lipinski definition) is 1. The molecule has 2 aromatic rings. The van der Waals surface area contributed by atoms with E-state index < -0.39 is 11.6 Å². The average Bonchev–Trinajstić information content (AvgIpc) is 2.22. The Morgan fingerprint density at radius 3 is 2.56 bits per heavy atom. The molecule has 0 atom stereocenters. The van der Waals surface area contributed by atoms with Crippen molar-refractivity contribution in [1.29, 1.82) is 0 Å². The molecule has 0 amide bonds. The molecule has 1 nitrogen and oxygen atoms in total. The van der Waals surface area contributed by atoms with E-state index in [9.17, 15) is 8.78 Å².